The lowest BCUT2D eigenvalue weighted by Gasteiger charge is -2.29. The number of methoxy groups -OCH3 is 1. The minimum Gasteiger partial charge on any atom is -0.465 e. The number of carbonyl (C=O) groups is 1. The summed E-state index contributed by atoms with van der Waals surface area (Å²) in [6.45, 7) is 5.84. The first-order valence-electron chi connectivity index (χ1n) is 7.96. The zero-order chi connectivity index (χ0) is 16.6. The predicted octanol–water partition coefficient (Wildman–Crippen LogP) is 1.04. The Morgan fingerprint density at radius 3 is 2.96 bits per heavy atom. The number of ether oxygens (including phenoxy) is 1. The summed E-state index contributed by atoms with van der Waals surface area (Å²) in [5, 5.41) is 0.501. The van der Waals surface area contributed by atoms with E-state index in [1.165, 1.54) is 42.6 Å². The fourth-order valence-corrected chi connectivity index (χ4v) is 4.41. The van der Waals surface area contributed by atoms with E-state index in [0.717, 1.165) is 13.1 Å². The second-order valence-corrected chi connectivity index (χ2v) is 7.22. The molecule has 23 heavy (non-hydrogen) atoms. The summed E-state index contributed by atoms with van der Waals surface area (Å²) in [5.41, 5.74) is 0.480. The Kier molecular flexibility index (Phi) is 4.50. The van der Waals surface area contributed by atoms with Crippen LogP contribution in [0.25, 0.3) is 10.2 Å². The van der Waals surface area contributed by atoms with Crippen LogP contribution in [0.15, 0.2) is 4.79 Å². The number of rotatable bonds is 3. The molecule has 2 aromatic rings. The van der Waals surface area contributed by atoms with Crippen LogP contribution in [0.5, 0.6) is 0 Å². The van der Waals surface area contributed by atoms with Crippen LogP contribution in [0, 0.1) is 6.92 Å². The summed E-state index contributed by atoms with van der Waals surface area (Å²) in [5.74, 6) is 0.283. The largest absolute Gasteiger partial charge is 0.465 e. The molecular weight excluding hydrogens is 314 g/mol. The number of nitrogens with one attached hydrogen (secondary N) is 2. The number of likely N-dealkylation sites (tertiary alicyclic amines) is 1. The van der Waals surface area contributed by atoms with Crippen molar-refractivity contribution in [3.05, 3.63) is 26.6 Å². The molecule has 7 heteroatoms. The average Bonchev–Trinajstić information content (AvgIpc) is 2.86. The number of carbonyl (C=O) groups excluding carboxylic acids is 1. The first kappa shape index (κ1) is 16.1. The van der Waals surface area contributed by atoms with Crippen molar-refractivity contribution in [1.82, 2.24) is 9.97 Å². The van der Waals surface area contributed by atoms with Gasteiger partial charge in [0.2, 0.25) is 0 Å². The highest BCUT2D eigenvalue weighted by Gasteiger charge is 2.24. The van der Waals surface area contributed by atoms with Gasteiger partial charge in [0, 0.05) is 0 Å². The van der Waals surface area contributed by atoms with E-state index in [0.29, 0.717) is 32.5 Å². The zero-order valence-corrected chi connectivity index (χ0v) is 14.5. The van der Waals surface area contributed by atoms with Gasteiger partial charge in [-0.15, -0.1) is 11.3 Å². The molecule has 2 aromatic heterocycles. The van der Waals surface area contributed by atoms with Crippen LogP contribution in [-0.2, 0) is 11.3 Å². The number of hydrogen-bond donors (Lipinski definition) is 2. The SMILES string of the molecule is COC(=O)c1sc2nc(C[NH+]3CCCC[C@@H]3C)[nH]c(=O)c2c1C. The van der Waals surface area contributed by atoms with E-state index in [1.807, 2.05) is 0 Å². The van der Waals surface area contributed by atoms with E-state index in [-0.39, 0.29) is 5.56 Å². The van der Waals surface area contributed by atoms with Crippen LogP contribution in [0.3, 0.4) is 0 Å². The van der Waals surface area contributed by atoms with Gasteiger partial charge in [0.05, 0.1) is 25.1 Å². The molecule has 1 unspecified atom stereocenters. The van der Waals surface area contributed by atoms with Crippen molar-refractivity contribution in [1.29, 1.82) is 0 Å². The summed E-state index contributed by atoms with van der Waals surface area (Å²) < 4.78 is 4.78. The quantitative estimate of drug-likeness (QED) is 0.821. The molecule has 1 saturated heterocycles. The maximum atomic E-state index is 12.4. The minimum absolute atomic E-state index is 0.169. The van der Waals surface area contributed by atoms with E-state index in [1.54, 1.807) is 6.92 Å². The molecule has 3 rings (SSSR count). The zero-order valence-electron chi connectivity index (χ0n) is 13.7. The summed E-state index contributed by atoms with van der Waals surface area (Å²) >= 11 is 1.23. The van der Waals surface area contributed by atoms with Gasteiger partial charge in [-0.1, -0.05) is 0 Å². The highest BCUT2D eigenvalue weighted by Crippen LogP contribution is 2.27. The molecule has 1 aliphatic rings. The van der Waals surface area contributed by atoms with Gasteiger partial charge >= 0.3 is 5.97 Å². The Labute approximate surface area is 138 Å². The number of nitrogens with zero attached hydrogens (tertiary/aromatic N) is 1. The highest BCUT2D eigenvalue weighted by molar-refractivity contribution is 7.20. The molecule has 0 radical (unpaired) electrons. The fourth-order valence-electron chi connectivity index (χ4n) is 3.29. The Bertz CT molecular complexity index is 796. The molecule has 1 aliphatic heterocycles. The molecule has 0 saturated carbocycles. The lowest BCUT2D eigenvalue weighted by Crippen LogP contribution is -3.15. The number of fused-ring (bicyclic) bond motifs is 1. The van der Waals surface area contributed by atoms with Crippen LogP contribution < -0.4 is 10.5 Å². The van der Waals surface area contributed by atoms with Crippen molar-refractivity contribution in [2.75, 3.05) is 13.7 Å². The van der Waals surface area contributed by atoms with Crippen molar-refractivity contribution in [3.8, 4) is 0 Å². The van der Waals surface area contributed by atoms with Gasteiger partial charge in [-0.25, -0.2) is 9.78 Å². The Hall–Kier alpha value is -1.73. The molecule has 0 bridgehead atoms. The van der Waals surface area contributed by atoms with Gasteiger partial charge < -0.3 is 14.6 Å². The molecule has 124 valence electrons. The molecule has 0 spiro atoms. The van der Waals surface area contributed by atoms with Gasteiger partial charge in [0.1, 0.15) is 16.3 Å². The average molecular weight is 336 g/mol. The molecular formula is C16H22N3O3S+. The normalized spacial score (nSPS) is 21.5. The lowest BCUT2D eigenvalue weighted by molar-refractivity contribution is -0.942. The number of esters is 1. The standard InChI is InChI=1S/C16H21N3O3S/c1-9-6-4-5-7-19(9)8-11-17-14(20)12-10(2)13(16(21)22-3)23-15(12)18-11/h9H,4-8H2,1-3H3,(H,17,18,20)/p+1/t9-/m0/s1. The number of aromatic nitrogens is 2. The predicted molar refractivity (Wildman–Crippen MR) is 89.2 cm³/mol. The minimum atomic E-state index is -0.415. The number of piperidine rings is 1. The molecule has 3 heterocycles. The fraction of sp³-hybridized carbons (Fsp3) is 0.562. The smallest absolute Gasteiger partial charge is 0.348 e. The lowest BCUT2D eigenvalue weighted by atomic mass is 10.0. The second-order valence-electron chi connectivity index (χ2n) is 6.22. The Morgan fingerprint density at radius 2 is 2.26 bits per heavy atom. The van der Waals surface area contributed by atoms with E-state index in [2.05, 4.69) is 16.9 Å². The number of hydrogen-bond acceptors (Lipinski definition) is 5. The van der Waals surface area contributed by atoms with Crippen molar-refractivity contribution < 1.29 is 14.4 Å². The third-order valence-corrected chi connectivity index (χ3v) is 5.86. The monoisotopic (exact) mass is 336 g/mol. The Morgan fingerprint density at radius 1 is 1.48 bits per heavy atom. The molecule has 2 atom stereocenters. The first-order chi connectivity index (χ1) is 11.0. The van der Waals surface area contributed by atoms with Gasteiger partial charge in [-0.2, -0.15) is 0 Å². The molecule has 6 nitrogen and oxygen atoms in total. The van der Waals surface area contributed by atoms with Crippen molar-refractivity contribution >= 4 is 27.5 Å². The highest BCUT2D eigenvalue weighted by atomic mass is 32.1. The van der Waals surface area contributed by atoms with Crippen LogP contribution >= 0.6 is 11.3 Å². The number of quaternary nitrogens is 1. The van der Waals surface area contributed by atoms with E-state index >= 15 is 0 Å². The number of H-pyrrole nitrogens is 1. The van der Waals surface area contributed by atoms with E-state index in [4.69, 9.17) is 4.74 Å². The van der Waals surface area contributed by atoms with Crippen molar-refractivity contribution in [2.45, 2.75) is 45.7 Å². The molecule has 2 N–H and O–H groups in total. The summed E-state index contributed by atoms with van der Waals surface area (Å²) in [6.07, 6.45) is 3.71. The van der Waals surface area contributed by atoms with Gasteiger partial charge in [-0.3, -0.25) is 4.79 Å². The number of thiophene rings is 1. The Balaban J connectivity index is 1.97. The van der Waals surface area contributed by atoms with Crippen LogP contribution in [0.4, 0.5) is 0 Å². The maximum absolute atomic E-state index is 12.4. The maximum Gasteiger partial charge on any atom is 0.348 e. The van der Waals surface area contributed by atoms with Gasteiger partial charge in [0.15, 0.2) is 5.82 Å². The number of aryl methyl sites for hydroxylation is 1. The molecule has 0 aliphatic carbocycles. The first-order valence-corrected chi connectivity index (χ1v) is 8.78. The molecule has 0 amide bonds. The van der Waals surface area contributed by atoms with Gasteiger partial charge in [-0.05, 0) is 38.7 Å². The van der Waals surface area contributed by atoms with Gasteiger partial charge in [0.25, 0.3) is 5.56 Å². The van der Waals surface area contributed by atoms with E-state index in [9.17, 15) is 9.59 Å². The van der Waals surface area contributed by atoms with E-state index < -0.39 is 5.97 Å². The molecule has 1 fully saturated rings. The van der Waals surface area contributed by atoms with Crippen LogP contribution in [0.2, 0.25) is 0 Å². The molecule has 0 aromatic carbocycles. The van der Waals surface area contributed by atoms with Crippen molar-refractivity contribution in [2.24, 2.45) is 0 Å². The topological polar surface area (TPSA) is 76.5 Å². The van der Waals surface area contributed by atoms with Crippen LogP contribution in [-0.4, -0.2) is 35.6 Å². The van der Waals surface area contributed by atoms with Crippen molar-refractivity contribution in [3.63, 3.8) is 0 Å². The third-order valence-electron chi connectivity index (χ3n) is 4.70. The summed E-state index contributed by atoms with van der Waals surface area (Å²) in [7, 11) is 1.34. The van der Waals surface area contributed by atoms with Crippen LogP contribution in [0.1, 0.15) is 47.2 Å². The summed E-state index contributed by atoms with van der Waals surface area (Å²) in [4.78, 5) is 34.2. The third kappa shape index (κ3) is 3.03. The summed E-state index contributed by atoms with van der Waals surface area (Å²) in [6, 6.07) is 0.584. The second kappa shape index (κ2) is 6.41. The number of aromatic amines is 1.